The maximum absolute atomic E-state index is 12.0. The Morgan fingerprint density at radius 3 is 2.16 bits per heavy atom. The second-order valence-corrected chi connectivity index (χ2v) is 6.17. The Bertz CT molecular complexity index is 265. The molecule has 2 saturated carbocycles. The summed E-state index contributed by atoms with van der Waals surface area (Å²) in [5.41, 5.74) is 6.03. The molecule has 0 aromatic heterocycles. The minimum absolute atomic E-state index is 0. The Morgan fingerprint density at radius 1 is 0.947 bits per heavy atom. The molecule has 2 aliphatic rings. The number of hydrogen-bond acceptors (Lipinski definition) is 2. The summed E-state index contributed by atoms with van der Waals surface area (Å²) in [5, 5.41) is 3.24. The standard InChI is InChI=1S/C15H28N2O.ClH/c16-14-10-6-7-12(14)11-15(18)17-13-8-4-2-1-3-5-9-13;/h12-14H,1-11,16H2,(H,17,18);1H/t12-,14+;/m0./s1. The molecule has 0 saturated heterocycles. The lowest BCUT2D eigenvalue weighted by Gasteiger charge is -2.22. The highest BCUT2D eigenvalue weighted by Gasteiger charge is 2.26. The Kier molecular flexibility index (Phi) is 7.77. The van der Waals surface area contributed by atoms with Gasteiger partial charge in [0, 0.05) is 18.5 Å². The molecule has 3 nitrogen and oxygen atoms in total. The third-order valence-electron chi connectivity index (χ3n) is 4.64. The monoisotopic (exact) mass is 288 g/mol. The van der Waals surface area contributed by atoms with Gasteiger partial charge in [0.25, 0.3) is 0 Å². The molecule has 1 amide bonds. The van der Waals surface area contributed by atoms with E-state index in [1.165, 1.54) is 51.4 Å². The third kappa shape index (κ3) is 5.70. The molecule has 0 radical (unpaired) electrons. The summed E-state index contributed by atoms with van der Waals surface area (Å²) >= 11 is 0. The van der Waals surface area contributed by atoms with E-state index in [9.17, 15) is 4.79 Å². The van der Waals surface area contributed by atoms with Crippen molar-refractivity contribution in [2.75, 3.05) is 0 Å². The molecule has 4 heteroatoms. The van der Waals surface area contributed by atoms with Gasteiger partial charge in [0.15, 0.2) is 0 Å². The number of halogens is 1. The highest BCUT2D eigenvalue weighted by molar-refractivity contribution is 5.85. The molecule has 2 rings (SSSR count). The van der Waals surface area contributed by atoms with Crippen LogP contribution < -0.4 is 11.1 Å². The van der Waals surface area contributed by atoms with Gasteiger partial charge in [-0.3, -0.25) is 4.79 Å². The molecule has 0 aliphatic heterocycles. The molecule has 19 heavy (non-hydrogen) atoms. The van der Waals surface area contributed by atoms with Crippen molar-refractivity contribution in [3.63, 3.8) is 0 Å². The van der Waals surface area contributed by atoms with Gasteiger partial charge in [-0.25, -0.2) is 0 Å². The van der Waals surface area contributed by atoms with E-state index >= 15 is 0 Å². The van der Waals surface area contributed by atoms with Crippen LogP contribution in [0.1, 0.15) is 70.6 Å². The predicted octanol–water partition coefficient (Wildman–Crippen LogP) is 3.15. The van der Waals surface area contributed by atoms with Crippen molar-refractivity contribution in [3.8, 4) is 0 Å². The molecule has 0 aromatic carbocycles. The lowest BCUT2D eigenvalue weighted by atomic mass is 9.95. The molecular weight excluding hydrogens is 260 g/mol. The van der Waals surface area contributed by atoms with Gasteiger partial charge in [0.05, 0.1) is 0 Å². The zero-order valence-corrected chi connectivity index (χ0v) is 12.7. The van der Waals surface area contributed by atoms with Gasteiger partial charge in [0.1, 0.15) is 0 Å². The summed E-state index contributed by atoms with van der Waals surface area (Å²) in [6.45, 7) is 0. The smallest absolute Gasteiger partial charge is 0.220 e. The average Bonchev–Trinajstić information content (AvgIpc) is 2.68. The van der Waals surface area contributed by atoms with Crippen LogP contribution in [-0.4, -0.2) is 18.0 Å². The maximum Gasteiger partial charge on any atom is 0.220 e. The van der Waals surface area contributed by atoms with Crippen LogP contribution in [0.3, 0.4) is 0 Å². The number of amides is 1. The number of hydrogen-bond donors (Lipinski definition) is 2. The largest absolute Gasteiger partial charge is 0.353 e. The van der Waals surface area contributed by atoms with E-state index in [2.05, 4.69) is 5.32 Å². The van der Waals surface area contributed by atoms with Gasteiger partial charge in [-0.05, 0) is 31.6 Å². The van der Waals surface area contributed by atoms with Crippen LogP contribution in [0.2, 0.25) is 0 Å². The van der Waals surface area contributed by atoms with Crippen LogP contribution in [-0.2, 0) is 4.79 Å². The highest BCUT2D eigenvalue weighted by atomic mass is 35.5. The van der Waals surface area contributed by atoms with E-state index in [1.807, 2.05) is 0 Å². The minimum Gasteiger partial charge on any atom is -0.353 e. The topological polar surface area (TPSA) is 55.1 Å². The van der Waals surface area contributed by atoms with Gasteiger partial charge in [-0.15, -0.1) is 12.4 Å². The zero-order chi connectivity index (χ0) is 12.8. The van der Waals surface area contributed by atoms with Gasteiger partial charge in [-0.1, -0.05) is 38.5 Å². The Balaban J connectivity index is 0.00000180. The summed E-state index contributed by atoms with van der Waals surface area (Å²) in [6.07, 6.45) is 13.0. The Hall–Kier alpha value is -0.280. The number of rotatable bonds is 3. The van der Waals surface area contributed by atoms with Crippen molar-refractivity contribution in [2.45, 2.75) is 82.7 Å². The SMILES string of the molecule is Cl.N[C@@H]1CCC[C@H]1CC(=O)NC1CCCCCCC1. The molecule has 0 bridgehead atoms. The van der Waals surface area contributed by atoms with Crippen molar-refractivity contribution in [1.29, 1.82) is 0 Å². The van der Waals surface area contributed by atoms with Crippen molar-refractivity contribution in [2.24, 2.45) is 11.7 Å². The summed E-state index contributed by atoms with van der Waals surface area (Å²) in [5.74, 6) is 0.668. The molecule has 2 aliphatic carbocycles. The molecule has 0 unspecified atom stereocenters. The minimum atomic E-state index is 0. The molecule has 0 spiro atoms. The number of carbonyl (C=O) groups is 1. The van der Waals surface area contributed by atoms with Gasteiger partial charge < -0.3 is 11.1 Å². The molecule has 112 valence electrons. The quantitative estimate of drug-likeness (QED) is 0.838. The molecule has 0 aromatic rings. The maximum atomic E-state index is 12.0. The summed E-state index contributed by atoms with van der Waals surface area (Å²) in [7, 11) is 0. The highest BCUT2D eigenvalue weighted by Crippen LogP contribution is 2.27. The number of nitrogens with one attached hydrogen (secondary N) is 1. The van der Waals surface area contributed by atoms with Crippen LogP contribution in [0.25, 0.3) is 0 Å². The van der Waals surface area contributed by atoms with E-state index in [0.717, 1.165) is 12.8 Å². The summed E-state index contributed by atoms with van der Waals surface area (Å²) in [4.78, 5) is 12.0. The Labute approximate surface area is 123 Å². The average molecular weight is 289 g/mol. The lowest BCUT2D eigenvalue weighted by molar-refractivity contribution is -0.122. The van der Waals surface area contributed by atoms with Crippen LogP contribution in [0, 0.1) is 5.92 Å². The number of nitrogens with two attached hydrogens (primary N) is 1. The van der Waals surface area contributed by atoms with Gasteiger partial charge in [0.2, 0.25) is 5.91 Å². The van der Waals surface area contributed by atoms with E-state index in [-0.39, 0.29) is 24.4 Å². The molecule has 2 fully saturated rings. The van der Waals surface area contributed by atoms with E-state index in [1.54, 1.807) is 0 Å². The molecule has 0 heterocycles. The van der Waals surface area contributed by atoms with Crippen molar-refractivity contribution in [1.82, 2.24) is 5.32 Å². The fraction of sp³-hybridized carbons (Fsp3) is 0.933. The first-order chi connectivity index (χ1) is 8.75. The van der Waals surface area contributed by atoms with Crippen LogP contribution in [0.15, 0.2) is 0 Å². The fourth-order valence-corrected chi connectivity index (χ4v) is 3.44. The first-order valence-electron chi connectivity index (χ1n) is 7.80. The second kappa shape index (κ2) is 8.80. The van der Waals surface area contributed by atoms with Crippen LogP contribution >= 0.6 is 12.4 Å². The van der Waals surface area contributed by atoms with Crippen molar-refractivity contribution < 1.29 is 4.79 Å². The van der Waals surface area contributed by atoms with Gasteiger partial charge in [-0.2, -0.15) is 0 Å². The lowest BCUT2D eigenvalue weighted by Crippen LogP contribution is -2.38. The van der Waals surface area contributed by atoms with Gasteiger partial charge >= 0.3 is 0 Å². The Morgan fingerprint density at radius 2 is 1.58 bits per heavy atom. The normalized spacial score (nSPS) is 29.1. The fourth-order valence-electron chi connectivity index (χ4n) is 3.44. The van der Waals surface area contributed by atoms with E-state index in [4.69, 9.17) is 5.73 Å². The van der Waals surface area contributed by atoms with E-state index < -0.39 is 0 Å². The summed E-state index contributed by atoms with van der Waals surface area (Å²) in [6, 6.07) is 0.684. The second-order valence-electron chi connectivity index (χ2n) is 6.17. The predicted molar refractivity (Wildman–Crippen MR) is 81.4 cm³/mol. The molecular formula is C15H29ClN2O. The van der Waals surface area contributed by atoms with E-state index in [0.29, 0.717) is 18.4 Å². The summed E-state index contributed by atoms with van der Waals surface area (Å²) < 4.78 is 0. The van der Waals surface area contributed by atoms with Crippen LogP contribution in [0.5, 0.6) is 0 Å². The van der Waals surface area contributed by atoms with Crippen LogP contribution in [0.4, 0.5) is 0 Å². The first-order valence-corrected chi connectivity index (χ1v) is 7.80. The molecule has 3 N–H and O–H groups in total. The van der Waals surface area contributed by atoms with Crippen molar-refractivity contribution in [3.05, 3.63) is 0 Å². The zero-order valence-electron chi connectivity index (χ0n) is 11.9. The third-order valence-corrected chi connectivity index (χ3v) is 4.64. The first kappa shape index (κ1) is 16.8. The molecule has 2 atom stereocenters. The van der Waals surface area contributed by atoms with Crippen molar-refractivity contribution >= 4 is 18.3 Å². The number of carbonyl (C=O) groups excluding carboxylic acids is 1.